The van der Waals surface area contributed by atoms with E-state index in [9.17, 15) is 13.2 Å². The first-order valence-corrected chi connectivity index (χ1v) is 8.11. The summed E-state index contributed by atoms with van der Waals surface area (Å²) in [5, 5.41) is 0. The Morgan fingerprint density at radius 2 is 1.62 bits per heavy atom. The molecule has 0 aliphatic carbocycles. The Bertz CT molecular complexity index is 810. The number of para-hydroxylation sites is 1. The highest BCUT2D eigenvalue weighted by molar-refractivity contribution is 7.93. The SMILES string of the molecule is Cc1ccc(S(=O)(=O)N2c3ccccc3C(=O)C2C)cc1. The van der Waals surface area contributed by atoms with E-state index in [1.165, 1.54) is 4.31 Å². The van der Waals surface area contributed by atoms with Crippen LogP contribution in [-0.4, -0.2) is 20.2 Å². The quantitative estimate of drug-likeness (QED) is 0.857. The van der Waals surface area contributed by atoms with Gasteiger partial charge in [0.25, 0.3) is 10.0 Å². The first-order valence-electron chi connectivity index (χ1n) is 6.67. The predicted molar refractivity (Wildman–Crippen MR) is 81.1 cm³/mol. The van der Waals surface area contributed by atoms with E-state index in [1.807, 2.05) is 6.92 Å². The predicted octanol–water partition coefficient (Wildman–Crippen LogP) is 2.78. The Kier molecular flexibility index (Phi) is 3.10. The van der Waals surface area contributed by atoms with Gasteiger partial charge < -0.3 is 0 Å². The van der Waals surface area contributed by atoms with Crippen molar-refractivity contribution in [1.82, 2.24) is 0 Å². The molecule has 3 rings (SSSR count). The monoisotopic (exact) mass is 301 g/mol. The zero-order valence-electron chi connectivity index (χ0n) is 11.8. The van der Waals surface area contributed by atoms with Crippen LogP contribution in [0.4, 0.5) is 5.69 Å². The fraction of sp³-hybridized carbons (Fsp3) is 0.188. The lowest BCUT2D eigenvalue weighted by Crippen LogP contribution is -2.38. The summed E-state index contributed by atoms with van der Waals surface area (Å²) in [7, 11) is -3.74. The molecule has 0 saturated carbocycles. The lowest BCUT2D eigenvalue weighted by atomic mass is 10.1. The molecule has 0 saturated heterocycles. The molecule has 21 heavy (non-hydrogen) atoms. The lowest BCUT2D eigenvalue weighted by molar-refractivity contribution is 0.0981. The number of sulfonamides is 1. The van der Waals surface area contributed by atoms with Gasteiger partial charge in [-0.2, -0.15) is 0 Å². The first-order chi connectivity index (χ1) is 9.93. The van der Waals surface area contributed by atoms with Crippen molar-refractivity contribution >= 4 is 21.5 Å². The van der Waals surface area contributed by atoms with Gasteiger partial charge in [0.15, 0.2) is 5.78 Å². The number of rotatable bonds is 2. The van der Waals surface area contributed by atoms with E-state index in [1.54, 1.807) is 55.5 Å². The van der Waals surface area contributed by atoms with Gasteiger partial charge in [0.1, 0.15) is 6.04 Å². The highest BCUT2D eigenvalue weighted by atomic mass is 32.2. The van der Waals surface area contributed by atoms with Crippen molar-refractivity contribution in [3.63, 3.8) is 0 Å². The Hall–Kier alpha value is -2.14. The minimum atomic E-state index is -3.74. The number of nitrogens with zero attached hydrogens (tertiary/aromatic N) is 1. The van der Waals surface area contributed by atoms with Gasteiger partial charge in [-0.1, -0.05) is 29.8 Å². The number of hydrogen-bond acceptors (Lipinski definition) is 3. The second kappa shape index (κ2) is 4.70. The van der Waals surface area contributed by atoms with Gasteiger partial charge in [-0.3, -0.25) is 9.10 Å². The van der Waals surface area contributed by atoms with E-state index >= 15 is 0 Å². The number of Topliss-reactive ketones (excluding diaryl/α,β-unsaturated/α-hetero) is 1. The number of hydrogen-bond donors (Lipinski definition) is 0. The smallest absolute Gasteiger partial charge is 0.265 e. The topological polar surface area (TPSA) is 54.5 Å². The summed E-state index contributed by atoms with van der Waals surface area (Å²) in [4.78, 5) is 12.4. The van der Waals surface area contributed by atoms with Crippen LogP contribution in [0, 0.1) is 6.92 Å². The second-order valence-electron chi connectivity index (χ2n) is 5.17. The summed E-state index contributed by atoms with van der Waals surface area (Å²) in [6.45, 7) is 3.52. The second-order valence-corrected chi connectivity index (χ2v) is 6.99. The van der Waals surface area contributed by atoms with Gasteiger partial charge in [-0.15, -0.1) is 0 Å². The van der Waals surface area contributed by atoms with E-state index in [0.717, 1.165) is 5.56 Å². The van der Waals surface area contributed by atoms with Crippen molar-refractivity contribution in [2.24, 2.45) is 0 Å². The molecular formula is C16H15NO3S. The number of anilines is 1. The van der Waals surface area contributed by atoms with Crippen LogP contribution in [0.3, 0.4) is 0 Å². The number of carbonyl (C=O) groups excluding carboxylic acids is 1. The maximum Gasteiger partial charge on any atom is 0.265 e. The molecule has 1 heterocycles. The third kappa shape index (κ3) is 2.05. The summed E-state index contributed by atoms with van der Waals surface area (Å²) in [5.41, 5.74) is 1.90. The summed E-state index contributed by atoms with van der Waals surface area (Å²) < 4.78 is 26.9. The fourth-order valence-corrected chi connectivity index (χ4v) is 4.21. The van der Waals surface area contributed by atoms with Gasteiger partial charge in [0.05, 0.1) is 10.6 Å². The minimum absolute atomic E-state index is 0.165. The van der Waals surface area contributed by atoms with E-state index < -0.39 is 16.1 Å². The van der Waals surface area contributed by atoms with Crippen LogP contribution in [0.2, 0.25) is 0 Å². The maximum atomic E-state index is 12.8. The van der Waals surface area contributed by atoms with Crippen molar-refractivity contribution in [3.8, 4) is 0 Å². The molecule has 1 aliphatic rings. The highest BCUT2D eigenvalue weighted by Gasteiger charge is 2.41. The number of ketones is 1. The van der Waals surface area contributed by atoms with Crippen LogP contribution in [0.15, 0.2) is 53.4 Å². The lowest BCUT2D eigenvalue weighted by Gasteiger charge is -2.23. The zero-order valence-corrected chi connectivity index (χ0v) is 12.6. The molecule has 2 aromatic carbocycles. The van der Waals surface area contributed by atoms with Crippen LogP contribution in [0.25, 0.3) is 0 Å². The molecule has 0 fully saturated rings. The molecule has 1 atom stereocenters. The third-order valence-corrected chi connectivity index (χ3v) is 5.61. The molecule has 0 spiro atoms. The van der Waals surface area contributed by atoms with E-state index in [-0.39, 0.29) is 10.7 Å². The summed E-state index contributed by atoms with van der Waals surface area (Å²) >= 11 is 0. The minimum Gasteiger partial charge on any atom is -0.292 e. The number of fused-ring (bicyclic) bond motifs is 1. The van der Waals surface area contributed by atoms with Crippen molar-refractivity contribution < 1.29 is 13.2 Å². The van der Waals surface area contributed by atoms with Crippen LogP contribution in [0.5, 0.6) is 0 Å². The molecular weight excluding hydrogens is 286 g/mol. The normalized spacial score (nSPS) is 17.9. The molecule has 108 valence electrons. The van der Waals surface area contributed by atoms with Gasteiger partial charge >= 0.3 is 0 Å². The van der Waals surface area contributed by atoms with Crippen LogP contribution in [0.1, 0.15) is 22.8 Å². The first kappa shape index (κ1) is 13.8. The molecule has 1 aliphatic heterocycles. The van der Waals surface area contributed by atoms with Crippen LogP contribution in [-0.2, 0) is 10.0 Å². The molecule has 0 radical (unpaired) electrons. The molecule has 0 amide bonds. The van der Waals surface area contributed by atoms with Crippen molar-refractivity contribution in [2.45, 2.75) is 24.8 Å². The maximum absolute atomic E-state index is 12.8. The number of carbonyl (C=O) groups is 1. The standard InChI is InChI=1S/C16H15NO3S/c1-11-7-9-13(10-8-11)21(19,20)17-12(2)16(18)14-5-3-4-6-15(14)17/h3-10,12H,1-2H3. The summed E-state index contributed by atoms with van der Waals surface area (Å²) in [5.74, 6) is -0.165. The highest BCUT2D eigenvalue weighted by Crippen LogP contribution is 2.36. The molecule has 0 bridgehead atoms. The largest absolute Gasteiger partial charge is 0.292 e. The molecule has 1 unspecified atom stereocenters. The average Bonchev–Trinajstić information content (AvgIpc) is 2.72. The number of aryl methyl sites for hydroxylation is 1. The Morgan fingerprint density at radius 3 is 2.29 bits per heavy atom. The summed E-state index contributed by atoms with van der Waals surface area (Å²) in [6.07, 6.45) is 0. The van der Waals surface area contributed by atoms with Crippen molar-refractivity contribution in [2.75, 3.05) is 4.31 Å². The fourth-order valence-electron chi connectivity index (χ4n) is 2.58. The molecule has 5 heteroatoms. The molecule has 0 N–H and O–H groups in total. The Balaban J connectivity index is 2.16. The molecule has 0 aromatic heterocycles. The molecule has 4 nitrogen and oxygen atoms in total. The average molecular weight is 301 g/mol. The van der Waals surface area contributed by atoms with Gasteiger partial charge in [-0.05, 0) is 38.1 Å². The van der Waals surface area contributed by atoms with E-state index in [4.69, 9.17) is 0 Å². The van der Waals surface area contributed by atoms with Crippen LogP contribution < -0.4 is 4.31 Å². The van der Waals surface area contributed by atoms with Crippen LogP contribution >= 0.6 is 0 Å². The Morgan fingerprint density at radius 1 is 1.00 bits per heavy atom. The van der Waals surface area contributed by atoms with Gasteiger partial charge in [0, 0.05) is 5.56 Å². The summed E-state index contributed by atoms with van der Waals surface area (Å²) in [6, 6.07) is 12.7. The number of benzene rings is 2. The molecule has 2 aromatic rings. The van der Waals surface area contributed by atoms with Gasteiger partial charge in [-0.25, -0.2) is 8.42 Å². The Labute approximate surface area is 124 Å². The third-order valence-electron chi connectivity index (χ3n) is 3.72. The van der Waals surface area contributed by atoms with Crippen molar-refractivity contribution in [3.05, 3.63) is 59.7 Å². The van der Waals surface area contributed by atoms with E-state index in [0.29, 0.717) is 11.3 Å². The van der Waals surface area contributed by atoms with Gasteiger partial charge in [0.2, 0.25) is 0 Å². The van der Waals surface area contributed by atoms with E-state index in [2.05, 4.69) is 0 Å². The van der Waals surface area contributed by atoms with Crippen molar-refractivity contribution in [1.29, 1.82) is 0 Å². The zero-order chi connectivity index (χ0) is 15.2.